The van der Waals surface area contributed by atoms with Crippen LogP contribution in [0.1, 0.15) is 82.5 Å². The number of imidazole rings is 2. The Bertz CT molecular complexity index is 2730. The summed E-state index contributed by atoms with van der Waals surface area (Å²) in [5.74, 6) is 1.37. The molecule has 16 nitrogen and oxygen atoms in total. The fraction of sp³-hybridized carbons (Fsp3) is 0.490. The highest BCUT2D eigenvalue weighted by Gasteiger charge is 2.57. The van der Waals surface area contributed by atoms with E-state index in [2.05, 4.69) is 57.9 Å². The minimum atomic E-state index is -0.755. The van der Waals surface area contributed by atoms with E-state index in [-0.39, 0.29) is 53.7 Å². The van der Waals surface area contributed by atoms with Gasteiger partial charge in [-0.05, 0) is 110 Å². The van der Waals surface area contributed by atoms with Gasteiger partial charge in [0, 0.05) is 49.6 Å². The normalized spacial score (nSPS) is 24.7. The molecule has 5 aromatic rings. The first-order valence-corrected chi connectivity index (χ1v) is 24.8. The molecule has 0 spiro atoms. The maximum Gasteiger partial charge on any atom is 0.407 e. The number of nitrogens with zero attached hydrogens (tertiary/aromatic N) is 4. The van der Waals surface area contributed by atoms with Crippen molar-refractivity contribution in [2.24, 2.45) is 23.7 Å². The zero-order chi connectivity index (χ0) is 48.1. The first kappa shape index (κ1) is 47.0. The van der Waals surface area contributed by atoms with Crippen molar-refractivity contribution in [3.05, 3.63) is 82.6 Å². The molecular weight excluding hydrogens is 924 g/mol. The van der Waals surface area contributed by atoms with E-state index in [1.165, 1.54) is 14.2 Å². The third-order valence-electron chi connectivity index (χ3n) is 15.3. The number of likely N-dealkylation sites (tertiary alicyclic amines) is 2. The van der Waals surface area contributed by atoms with E-state index in [1.54, 1.807) is 0 Å². The van der Waals surface area contributed by atoms with Crippen molar-refractivity contribution in [3.63, 3.8) is 0 Å². The summed E-state index contributed by atoms with van der Waals surface area (Å²) in [6.45, 7) is 6.31. The summed E-state index contributed by atoms with van der Waals surface area (Å²) in [4.78, 5) is 74.1. The minimum absolute atomic E-state index is 0.0587. The van der Waals surface area contributed by atoms with Crippen LogP contribution in [-0.4, -0.2) is 119 Å². The fourth-order valence-corrected chi connectivity index (χ4v) is 11.7. The average molecular weight is 982 g/mol. The summed E-state index contributed by atoms with van der Waals surface area (Å²) in [7, 11) is 2.61. The lowest BCUT2D eigenvalue weighted by Crippen LogP contribution is -2.54. The van der Waals surface area contributed by atoms with Crippen LogP contribution >= 0.6 is 23.2 Å². The van der Waals surface area contributed by atoms with Gasteiger partial charge in [-0.1, -0.05) is 78.7 Å². The maximum atomic E-state index is 14.4. The van der Waals surface area contributed by atoms with Crippen LogP contribution in [0.3, 0.4) is 0 Å². The Balaban J connectivity index is 0.846. The second kappa shape index (κ2) is 19.6. The van der Waals surface area contributed by atoms with Crippen molar-refractivity contribution in [2.75, 3.05) is 40.6 Å². The van der Waals surface area contributed by atoms with Gasteiger partial charge in [0.25, 0.3) is 0 Å². The quantitative estimate of drug-likeness (QED) is 0.0994. The number of carbonyl (C=O) groups excluding carboxylic acids is 4. The third kappa shape index (κ3) is 9.28. The van der Waals surface area contributed by atoms with Gasteiger partial charge in [0.1, 0.15) is 45.4 Å². The van der Waals surface area contributed by atoms with Crippen LogP contribution in [0.5, 0.6) is 0 Å². The van der Waals surface area contributed by atoms with Crippen LogP contribution in [0.25, 0.3) is 44.4 Å². The van der Waals surface area contributed by atoms with Gasteiger partial charge in [0.15, 0.2) is 0 Å². The Morgan fingerprint density at radius 2 is 1.10 bits per heavy atom. The topological polar surface area (TPSA) is 193 Å². The lowest BCUT2D eigenvalue weighted by Gasteiger charge is -2.36. The summed E-state index contributed by atoms with van der Waals surface area (Å²) in [6, 6.07) is 18.4. The number of amides is 4. The number of methoxy groups -OCH3 is 2. The lowest BCUT2D eigenvalue weighted by molar-refractivity contribution is -0.139. The predicted molar refractivity (Wildman–Crippen MR) is 259 cm³/mol. The van der Waals surface area contributed by atoms with E-state index in [0.29, 0.717) is 97.8 Å². The first-order valence-electron chi connectivity index (χ1n) is 24.0. The van der Waals surface area contributed by atoms with Crippen LogP contribution in [0.4, 0.5) is 9.59 Å². The molecule has 5 aliphatic rings. The summed E-state index contributed by atoms with van der Waals surface area (Å²) in [5, 5.41) is 8.52. The molecule has 2 aromatic heterocycles. The molecule has 4 N–H and O–H groups in total. The van der Waals surface area contributed by atoms with Gasteiger partial charge in [-0.3, -0.25) is 9.59 Å². The number of benzene rings is 3. The van der Waals surface area contributed by atoms with Gasteiger partial charge in [0.05, 0.1) is 26.3 Å². The molecule has 364 valence electrons. The largest absolute Gasteiger partial charge is 0.453 e. The lowest BCUT2D eigenvalue weighted by atomic mass is 9.90. The highest BCUT2D eigenvalue weighted by atomic mass is 35.5. The SMILES string of the molecule is COC(=O)N[C@H](C(=O)N1C(C)[C@H](C)C[C@H]1c1nc(-c2ccc(-c3ccc4cc(-c5nc([C@@H]6C[C@H]7C[C@H]7N6C(=O)[C@@H](NC(=O)OC)C6CCOCC6)[nH]c5Cl)ccc4c3)cc2)c(Cl)[nH]1)C1CCOCC1. The number of hydrogen-bond acceptors (Lipinski definition) is 10. The van der Waals surface area contributed by atoms with E-state index >= 15 is 0 Å². The molecule has 4 amide bonds. The Morgan fingerprint density at radius 1 is 0.638 bits per heavy atom. The molecular formula is C51H58Cl2N8O8. The van der Waals surface area contributed by atoms with Crippen LogP contribution in [0.15, 0.2) is 60.7 Å². The van der Waals surface area contributed by atoms with Gasteiger partial charge in [-0.25, -0.2) is 19.6 Å². The molecule has 6 heterocycles. The molecule has 8 atom stereocenters. The number of rotatable bonds is 11. The van der Waals surface area contributed by atoms with Crippen LogP contribution in [-0.2, 0) is 28.5 Å². The zero-order valence-corrected chi connectivity index (χ0v) is 40.6. The van der Waals surface area contributed by atoms with Gasteiger partial charge < -0.3 is 49.3 Å². The number of aromatic amines is 2. The van der Waals surface area contributed by atoms with Crippen LogP contribution in [0, 0.1) is 23.7 Å². The van der Waals surface area contributed by atoms with E-state index in [4.69, 9.17) is 52.1 Å². The van der Waals surface area contributed by atoms with Gasteiger partial charge in [-0.2, -0.15) is 0 Å². The van der Waals surface area contributed by atoms with Crippen LogP contribution in [0.2, 0.25) is 10.3 Å². The number of carbonyl (C=O) groups is 4. The number of piperidine rings is 1. The molecule has 1 aliphatic carbocycles. The summed E-state index contributed by atoms with van der Waals surface area (Å²) >= 11 is 13.8. The number of hydrogen-bond donors (Lipinski definition) is 4. The van der Waals surface area contributed by atoms with Crippen molar-refractivity contribution in [1.82, 2.24) is 40.4 Å². The summed E-state index contributed by atoms with van der Waals surface area (Å²) in [5.41, 5.74) is 4.93. The molecule has 3 aromatic carbocycles. The van der Waals surface area contributed by atoms with Crippen molar-refractivity contribution >= 4 is 58.0 Å². The standard InChI is InChI=1S/C51H58Cl2N8O8/c1-26-21-38(60(27(26)2)48(62)42(56-50(64)66-3)30-13-17-68-18-14-30)46-54-40(44(52)58-46)29-7-5-28(6-8-29)32-9-10-34-23-35(12-11-33(34)22-32)41-45(53)59-47(55-41)39-25-36-24-37(36)61(39)49(63)43(57-51(65)67-4)31-15-19-69-20-16-31/h5-12,22-23,26-27,30-31,36-39,42-43H,13-21,24-25H2,1-4H3,(H,54,58)(H,55,59)(H,56,64)(H,57,65)/t26-,27?,36-,37-,38+,39+,42+,43+/m1/s1. The van der Waals surface area contributed by atoms with E-state index < -0.39 is 24.3 Å². The number of H-pyrrole nitrogens is 2. The molecule has 5 fully saturated rings. The minimum Gasteiger partial charge on any atom is -0.453 e. The Kier molecular flexibility index (Phi) is 13.4. The second-order valence-electron chi connectivity index (χ2n) is 19.3. The second-order valence-corrected chi connectivity index (χ2v) is 20.1. The Morgan fingerprint density at radius 3 is 1.65 bits per heavy atom. The number of ether oxygens (including phenoxy) is 4. The Labute approximate surface area is 410 Å². The third-order valence-corrected chi connectivity index (χ3v) is 15.9. The highest BCUT2D eigenvalue weighted by molar-refractivity contribution is 6.32. The molecule has 4 saturated heterocycles. The highest BCUT2D eigenvalue weighted by Crippen LogP contribution is 2.54. The summed E-state index contributed by atoms with van der Waals surface area (Å²) < 4.78 is 21.0. The molecule has 1 unspecified atom stereocenters. The molecule has 69 heavy (non-hydrogen) atoms. The predicted octanol–water partition coefficient (Wildman–Crippen LogP) is 8.86. The number of alkyl carbamates (subject to hydrolysis) is 2. The number of nitrogens with one attached hydrogen (secondary N) is 4. The molecule has 0 radical (unpaired) electrons. The van der Waals surface area contributed by atoms with Crippen molar-refractivity contribution < 1.29 is 38.1 Å². The fourth-order valence-electron chi connectivity index (χ4n) is 11.2. The molecule has 18 heteroatoms. The van der Waals surface area contributed by atoms with Gasteiger partial charge in [0.2, 0.25) is 11.8 Å². The van der Waals surface area contributed by atoms with Gasteiger partial charge in [-0.15, -0.1) is 0 Å². The molecule has 1 saturated carbocycles. The molecule has 0 bridgehead atoms. The Hall–Kier alpha value is -5.68. The molecule has 4 aliphatic heterocycles. The van der Waals surface area contributed by atoms with Crippen molar-refractivity contribution in [1.29, 1.82) is 0 Å². The molecule has 10 rings (SSSR count). The first-order chi connectivity index (χ1) is 33.4. The monoisotopic (exact) mass is 980 g/mol. The maximum absolute atomic E-state index is 14.4. The number of aromatic nitrogens is 4. The van der Waals surface area contributed by atoms with Gasteiger partial charge >= 0.3 is 12.2 Å². The van der Waals surface area contributed by atoms with E-state index in [0.717, 1.165) is 45.9 Å². The van der Waals surface area contributed by atoms with Crippen LogP contribution < -0.4 is 10.6 Å². The van der Waals surface area contributed by atoms with E-state index in [1.807, 2.05) is 47.1 Å². The van der Waals surface area contributed by atoms with Crippen molar-refractivity contribution in [3.8, 4) is 33.6 Å². The number of halogens is 2. The number of fused-ring (bicyclic) bond motifs is 2. The van der Waals surface area contributed by atoms with Crippen molar-refractivity contribution in [2.45, 2.75) is 95.0 Å². The summed E-state index contributed by atoms with van der Waals surface area (Å²) in [6.07, 6.45) is 3.78. The zero-order valence-electron chi connectivity index (χ0n) is 39.1. The smallest absolute Gasteiger partial charge is 0.407 e. The van der Waals surface area contributed by atoms with E-state index in [9.17, 15) is 19.2 Å². The average Bonchev–Trinajstić information content (AvgIpc) is 3.61.